The number of aliphatic carboxylic acids is 3. The molecule has 29 nitrogen and oxygen atoms in total. The van der Waals surface area contributed by atoms with Crippen LogP contribution in [0.5, 0.6) is 5.75 Å². The molecule has 2 rings (SSSR count). The molecule has 9 atom stereocenters. The molecule has 0 spiro atoms. The first kappa shape index (κ1) is 63.9. The topological polar surface area (TPSA) is 483 Å². The minimum atomic E-state index is -2.12. The molecule has 0 fully saturated rings. The summed E-state index contributed by atoms with van der Waals surface area (Å²) in [4.78, 5) is 165. The van der Waals surface area contributed by atoms with Crippen molar-refractivity contribution in [2.75, 3.05) is 6.61 Å². The van der Waals surface area contributed by atoms with Gasteiger partial charge in [-0.25, -0.2) is 9.78 Å². The molecule has 0 aliphatic carbocycles. The number of aliphatic hydroxyl groups excluding tert-OH is 1. The Morgan fingerprint density at radius 2 is 0.921 bits per heavy atom. The molecule has 0 aliphatic heterocycles. The van der Waals surface area contributed by atoms with Crippen molar-refractivity contribution >= 4 is 71.1 Å². The molecule has 0 aliphatic rings. The van der Waals surface area contributed by atoms with E-state index in [1.54, 1.807) is 41.5 Å². The van der Waals surface area contributed by atoms with Crippen LogP contribution in [0.4, 0.5) is 0 Å². The number of aromatic amines is 1. The van der Waals surface area contributed by atoms with Gasteiger partial charge in [0.2, 0.25) is 53.2 Å². The van der Waals surface area contributed by atoms with E-state index in [1.165, 1.54) is 36.8 Å². The number of carboxylic acids is 3. The SMILES string of the molecule is CC(C)C[C@H](NC(=O)[C@H](Cc1cnc[nH]1)NC(=O)[C@H](CC(N)=O)NC(=O)[C@H](Cc1ccc(O)cc1)NC(=O)[C@H](CC(=O)O)NC(=O)[C@H](CC(=O)O)NC(=O)[C@H](CC(C)C)NC(=O)[C@@H](N)CO)C(=O)N[C@H](C(=O)O)C(C)C. The average Bonchev–Trinajstić information content (AvgIpc) is 3.84. The van der Waals surface area contributed by atoms with Crippen LogP contribution in [0.25, 0.3) is 0 Å². The van der Waals surface area contributed by atoms with Gasteiger partial charge in [-0.05, 0) is 48.3 Å². The number of aromatic hydroxyl groups is 1. The lowest BCUT2D eigenvalue weighted by Gasteiger charge is -2.28. The Kier molecular flexibility index (Phi) is 25.9. The standard InChI is InChI=1S/C47H70N12O17/c1-21(2)11-28(52-39(67)27(48)19-60)40(68)57-34(17-37(65)66)45(73)58-33(16-36(63)64)44(72)54-30(13-24-7-9-26(61)10-8-24)41(69)56-32(15-35(49)62)43(71)55-31(14-25-18-50-20-51-25)42(70)53-29(12-22(3)4)46(74)59-38(23(5)6)47(75)76/h7-10,18,20-23,27-34,38,60-61H,11-17,19,48H2,1-6H3,(H2,49,62)(H,50,51)(H,52,67)(H,53,70)(H,54,72)(H,55,71)(H,56,69)(H,57,68)(H,58,73)(H,59,74)(H,63,64)(H,65,66)(H,75,76)/t27-,28-,29-,30-,31-,32-,33-,34-,38-/m0/s1. The van der Waals surface area contributed by atoms with Gasteiger partial charge in [0.05, 0.1) is 32.2 Å². The Labute approximate surface area is 436 Å². The van der Waals surface area contributed by atoms with Crippen molar-refractivity contribution in [3.8, 4) is 5.75 Å². The number of carbonyl (C=O) groups is 12. The number of phenolic OH excluding ortho intramolecular Hbond substituents is 1. The minimum Gasteiger partial charge on any atom is -0.508 e. The van der Waals surface area contributed by atoms with E-state index in [9.17, 15) is 83.1 Å². The van der Waals surface area contributed by atoms with Gasteiger partial charge in [-0.1, -0.05) is 53.7 Å². The molecule has 1 aromatic heterocycles. The van der Waals surface area contributed by atoms with Crippen molar-refractivity contribution in [3.63, 3.8) is 0 Å². The van der Waals surface area contributed by atoms with Gasteiger partial charge in [0.15, 0.2) is 0 Å². The van der Waals surface area contributed by atoms with Crippen LogP contribution in [0.15, 0.2) is 36.8 Å². The number of carbonyl (C=O) groups excluding carboxylic acids is 9. The van der Waals surface area contributed by atoms with Gasteiger partial charge in [-0.15, -0.1) is 0 Å². The Hall–Kier alpha value is -8.21. The number of H-pyrrole nitrogens is 1. The quantitative estimate of drug-likeness (QED) is 0.0322. The third-order valence-corrected chi connectivity index (χ3v) is 11.1. The van der Waals surface area contributed by atoms with Gasteiger partial charge in [-0.3, -0.25) is 52.7 Å². The highest BCUT2D eigenvalue weighted by atomic mass is 16.4. The third-order valence-electron chi connectivity index (χ3n) is 11.1. The Bertz CT molecular complexity index is 2360. The summed E-state index contributed by atoms with van der Waals surface area (Å²) in [6, 6.07) is -9.89. The summed E-state index contributed by atoms with van der Waals surface area (Å²) in [6.07, 6.45) is -1.53. The summed E-state index contributed by atoms with van der Waals surface area (Å²) in [5.74, 6) is -16.2. The van der Waals surface area contributed by atoms with Crippen LogP contribution in [0.2, 0.25) is 0 Å². The normalized spacial score (nSPS) is 14.7. The molecule has 0 bridgehead atoms. The number of aromatic nitrogens is 2. The Morgan fingerprint density at radius 3 is 1.30 bits per heavy atom. The number of benzene rings is 1. The van der Waals surface area contributed by atoms with Crippen molar-refractivity contribution in [1.29, 1.82) is 0 Å². The summed E-state index contributed by atoms with van der Waals surface area (Å²) in [5, 5.41) is 66.9. The van der Waals surface area contributed by atoms with Gasteiger partial charge in [0.1, 0.15) is 60.1 Å². The molecule has 1 heterocycles. The largest absolute Gasteiger partial charge is 0.508 e. The first-order valence-electron chi connectivity index (χ1n) is 24.0. The van der Waals surface area contributed by atoms with Crippen LogP contribution >= 0.6 is 0 Å². The maximum absolute atomic E-state index is 14.3. The minimum absolute atomic E-state index is 0.0140. The molecular weight excluding hydrogens is 1000 g/mol. The molecule has 0 saturated carbocycles. The van der Waals surface area contributed by atoms with Gasteiger partial charge in [0, 0.05) is 24.7 Å². The number of nitrogens with one attached hydrogen (secondary N) is 9. The highest BCUT2D eigenvalue weighted by Gasteiger charge is 2.37. The van der Waals surface area contributed by atoms with E-state index in [2.05, 4.69) is 52.5 Å². The monoisotopic (exact) mass is 1070 g/mol. The summed E-state index contributed by atoms with van der Waals surface area (Å²) in [6.45, 7) is 9.14. The molecule has 1 aromatic carbocycles. The number of hydrogen-bond donors (Lipinski definition) is 16. The molecule has 29 heteroatoms. The van der Waals surface area contributed by atoms with Gasteiger partial charge in [-0.2, -0.15) is 0 Å². The Balaban J connectivity index is 2.55. The lowest BCUT2D eigenvalue weighted by molar-refractivity contribution is -0.143. The predicted octanol–water partition coefficient (Wildman–Crippen LogP) is -4.24. The number of hydrogen-bond acceptors (Lipinski definition) is 16. The van der Waals surface area contributed by atoms with Crippen LogP contribution in [0.3, 0.4) is 0 Å². The summed E-state index contributed by atoms with van der Waals surface area (Å²) >= 11 is 0. The number of rotatable bonds is 33. The van der Waals surface area contributed by atoms with Crippen LogP contribution in [0.1, 0.15) is 84.9 Å². The fourth-order valence-electron chi connectivity index (χ4n) is 7.25. The van der Waals surface area contributed by atoms with Crippen molar-refractivity contribution < 1.29 is 83.1 Å². The fraction of sp³-hybridized carbons (Fsp3) is 0.553. The van der Waals surface area contributed by atoms with E-state index < -0.39 is 164 Å². The van der Waals surface area contributed by atoms with Crippen LogP contribution < -0.4 is 54.0 Å². The highest BCUT2D eigenvalue weighted by molar-refractivity contribution is 6.00. The highest BCUT2D eigenvalue weighted by Crippen LogP contribution is 2.14. The molecular formula is C47H70N12O17. The number of phenols is 1. The maximum Gasteiger partial charge on any atom is 0.326 e. The zero-order valence-electron chi connectivity index (χ0n) is 42.8. The van der Waals surface area contributed by atoms with E-state index >= 15 is 0 Å². The zero-order valence-corrected chi connectivity index (χ0v) is 42.8. The number of primary amides is 1. The molecule has 0 unspecified atom stereocenters. The second-order valence-corrected chi connectivity index (χ2v) is 19.1. The van der Waals surface area contributed by atoms with Crippen LogP contribution in [-0.4, -0.2) is 168 Å². The van der Waals surface area contributed by atoms with Crippen LogP contribution in [-0.2, 0) is 70.4 Å². The summed E-state index contributed by atoms with van der Waals surface area (Å²) < 4.78 is 0. The number of nitrogens with two attached hydrogens (primary N) is 2. The van der Waals surface area contributed by atoms with Gasteiger partial charge >= 0.3 is 17.9 Å². The summed E-state index contributed by atoms with van der Waals surface area (Å²) in [5.41, 5.74) is 11.6. The second kappa shape index (κ2) is 30.9. The van der Waals surface area contributed by atoms with Crippen molar-refractivity contribution in [1.82, 2.24) is 52.5 Å². The predicted molar refractivity (Wildman–Crippen MR) is 264 cm³/mol. The molecule has 0 radical (unpaired) electrons. The third kappa shape index (κ3) is 22.5. The van der Waals surface area contributed by atoms with E-state index in [0.29, 0.717) is 0 Å². The van der Waals surface area contributed by atoms with Crippen LogP contribution in [0, 0.1) is 17.8 Å². The first-order valence-corrected chi connectivity index (χ1v) is 24.0. The molecule has 2 aromatic rings. The lowest BCUT2D eigenvalue weighted by atomic mass is 9.99. The number of carboxylic acid groups (broad SMARTS) is 3. The molecule has 76 heavy (non-hydrogen) atoms. The molecule has 420 valence electrons. The molecule has 0 saturated heterocycles. The van der Waals surface area contributed by atoms with E-state index in [1.807, 2.05) is 0 Å². The summed E-state index contributed by atoms with van der Waals surface area (Å²) in [7, 11) is 0. The van der Waals surface area contributed by atoms with E-state index in [4.69, 9.17) is 11.5 Å². The Morgan fingerprint density at radius 1 is 0.539 bits per heavy atom. The zero-order chi connectivity index (χ0) is 57.6. The van der Waals surface area contributed by atoms with Gasteiger partial charge in [0.25, 0.3) is 0 Å². The second-order valence-electron chi connectivity index (χ2n) is 19.1. The maximum atomic E-state index is 14.3. The van der Waals surface area contributed by atoms with Gasteiger partial charge < -0.3 is 84.5 Å². The molecule has 9 amide bonds. The number of nitrogens with zero attached hydrogens (tertiary/aromatic N) is 1. The number of imidazole rings is 1. The smallest absolute Gasteiger partial charge is 0.326 e. The number of aliphatic hydroxyl groups is 1. The molecule has 18 N–H and O–H groups in total. The number of amides is 9. The van der Waals surface area contributed by atoms with Crippen molar-refractivity contribution in [2.45, 2.75) is 141 Å². The van der Waals surface area contributed by atoms with Crippen molar-refractivity contribution in [3.05, 3.63) is 48.0 Å². The average molecular weight is 1080 g/mol. The first-order chi connectivity index (χ1) is 35.5. The van der Waals surface area contributed by atoms with E-state index in [0.717, 1.165) is 0 Å². The fourth-order valence-corrected chi connectivity index (χ4v) is 7.25. The van der Waals surface area contributed by atoms with Crippen molar-refractivity contribution in [2.24, 2.45) is 29.2 Å². The lowest BCUT2D eigenvalue weighted by Crippen LogP contribution is -2.61. The van der Waals surface area contributed by atoms with E-state index in [-0.39, 0.29) is 48.1 Å².